The number of carbonyl (C=O) groups is 1. The third-order valence-electron chi connectivity index (χ3n) is 6.20. The molecule has 2 aromatic heterocycles. The number of halogens is 3. The Morgan fingerprint density at radius 2 is 1.74 bits per heavy atom. The molecule has 194 valence electrons. The molecule has 0 spiro atoms. The van der Waals surface area contributed by atoms with Crippen molar-refractivity contribution in [3.63, 3.8) is 0 Å². The van der Waals surface area contributed by atoms with Crippen molar-refractivity contribution in [1.82, 2.24) is 14.5 Å². The molecule has 6 nitrogen and oxygen atoms in total. The molecule has 1 amide bonds. The van der Waals surface area contributed by atoms with E-state index in [0.717, 1.165) is 45.2 Å². The molecule has 0 bridgehead atoms. The predicted molar refractivity (Wildman–Crippen MR) is 144 cm³/mol. The minimum atomic E-state index is -4.59. The lowest BCUT2D eigenvalue weighted by molar-refractivity contribution is -0.137. The maximum absolute atomic E-state index is 13.6. The fourth-order valence-corrected chi connectivity index (χ4v) is 5.38. The number of carbonyl (C=O) groups excluding carboxylic acids is 1. The van der Waals surface area contributed by atoms with E-state index in [-0.39, 0.29) is 28.0 Å². The molecule has 3 aromatic carbocycles. The number of anilines is 1. The van der Waals surface area contributed by atoms with Crippen molar-refractivity contribution in [1.29, 1.82) is 0 Å². The minimum Gasteiger partial charge on any atom is -0.349 e. The lowest BCUT2D eigenvalue weighted by Crippen LogP contribution is -2.23. The largest absolute Gasteiger partial charge is 0.416 e. The van der Waals surface area contributed by atoms with Crippen LogP contribution in [-0.2, 0) is 11.0 Å². The number of H-pyrrole nitrogens is 1. The molecule has 38 heavy (non-hydrogen) atoms. The second kappa shape index (κ2) is 9.68. The number of para-hydroxylation sites is 1. The highest BCUT2D eigenvalue weighted by Crippen LogP contribution is 2.32. The summed E-state index contributed by atoms with van der Waals surface area (Å²) in [6.07, 6.45) is -4.59. The van der Waals surface area contributed by atoms with E-state index < -0.39 is 17.3 Å². The second-order valence-electron chi connectivity index (χ2n) is 9.09. The molecular weight excluding hydrogens is 513 g/mol. The van der Waals surface area contributed by atoms with Gasteiger partial charge < -0.3 is 10.3 Å². The summed E-state index contributed by atoms with van der Waals surface area (Å²) in [5.74, 6) is -0.430. The van der Waals surface area contributed by atoms with Gasteiger partial charge in [0.1, 0.15) is 11.0 Å². The summed E-state index contributed by atoms with van der Waals surface area (Å²) in [4.78, 5) is 34.2. The highest BCUT2D eigenvalue weighted by molar-refractivity contribution is 7.99. The van der Waals surface area contributed by atoms with Gasteiger partial charge in [0, 0.05) is 16.6 Å². The number of aromatic amines is 1. The Balaban J connectivity index is 1.58. The Kier molecular flexibility index (Phi) is 6.52. The quantitative estimate of drug-likeness (QED) is 0.197. The van der Waals surface area contributed by atoms with E-state index >= 15 is 0 Å². The van der Waals surface area contributed by atoms with Crippen LogP contribution in [0, 0.1) is 20.8 Å². The van der Waals surface area contributed by atoms with Gasteiger partial charge in [0.15, 0.2) is 5.16 Å². The lowest BCUT2D eigenvalue weighted by atomic mass is 10.1. The number of hydrogen-bond donors (Lipinski definition) is 2. The first kappa shape index (κ1) is 25.6. The molecule has 0 atom stereocenters. The number of rotatable bonds is 5. The highest BCUT2D eigenvalue weighted by Gasteiger charge is 2.31. The normalized spacial score (nSPS) is 11.8. The Morgan fingerprint density at radius 1 is 1.03 bits per heavy atom. The molecule has 0 saturated heterocycles. The van der Waals surface area contributed by atoms with E-state index in [1.807, 2.05) is 39.0 Å². The fourth-order valence-electron chi connectivity index (χ4n) is 4.57. The smallest absolute Gasteiger partial charge is 0.349 e. The van der Waals surface area contributed by atoms with Gasteiger partial charge in [-0.05, 0) is 56.2 Å². The third kappa shape index (κ3) is 4.79. The van der Waals surface area contributed by atoms with Gasteiger partial charge in [-0.3, -0.25) is 14.2 Å². The average Bonchev–Trinajstić information content (AvgIpc) is 3.23. The minimum absolute atomic E-state index is 0.00557. The molecule has 0 fully saturated rings. The van der Waals surface area contributed by atoms with Crippen LogP contribution in [0.25, 0.3) is 27.6 Å². The van der Waals surface area contributed by atoms with E-state index in [4.69, 9.17) is 0 Å². The number of amides is 1. The highest BCUT2D eigenvalue weighted by atomic mass is 32.2. The van der Waals surface area contributed by atoms with Crippen LogP contribution in [0.1, 0.15) is 22.3 Å². The van der Waals surface area contributed by atoms with E-state index in [1.54, 1.807) is 18.2 Å². The Bertz CT molecular complexity index is 1750. The van der Waals surface area contributed by atoms with Crippen molar-refractivity contribution in [3.8, 4) is 5.69 Å². The zero-order valence-electron chi connectivity index (χ0n) is 20.7. The summed E-state index contributed by atoms with van der Waals surface area (Å²) < 4.78 is 41.5. The Morgan fingerprint density at radius 3 is 2.45 bits per heavy atom. The lowest BCUT2D eigenvalue weighted by Gasteiger charge is -2.15. The van der Waals surface area contributed by atoms with Crippen LogP contribution in [0.2, 0.25) is 0 Å². The fraction of sp³-hybridized carbons (Fsp3) is 0.179. The summed E-state index contributed by atoms with van der Waals surface area (Å²) in [5.41, 5.74) is 3.41. The number of aromatic nitrogens is 3. The molecular formula is C28H23F3N4O2S. The molecule has 0 aliphatic rings. The van der Waals surface area contributed by atoms with Crippen LogP contribution in [0.3, 0.4) is 0 Å². The predicted octanol–water partition coefficient (Wildman–Crippen LogP) is 6.54. The van der Waals surface area contributed by atoms with Crippen molar-refractivity contribution in [2.45, 2.75) is 32.1 Å². The van der Waals surface area contributed by atoms with E-state index in [0.29, 0.717) is 22.1 Å². The summed E-state index contributed by atoms with van der Waals surface area (Å²) >= 11 is 0.983. The number of hydrogen-bond acceptors (Lipinski definition) is 4. The second-order valence-corrected chi connectivity index (χ2v) is 10.0. The standard InChI is InChI=1S/C28H23F3N4O2S/c1-15-11-16(2)23(17(3)12-15)33-22(36)14-38-27-34-24-20-9-4-5-10-21(20)32-25(24)26(37)35(27)19-8-6-7-18(13-19)28(29,30)31/h4-13,32H,14H2,1-3H3,(H,33,36). The van der Waals surface area contributed by atoms with Gasteiger partial charge in [0.2, 0.25) is 5.91 Å². The van der Waals surface area contributed by atoms with Crippen molar-refractivity contribution >= 4 is 45.3 Å². The first-order chi connectivity index (χ1) is 18.0. The monoisotopic (exact) mass is 536 g/mol. The Hall–Kier alpha value is -4.05. The SMILES string of the molecule is Cc1cc(C)c(NC(=O)CSc2nc3c([nH]c4ccccc43)c(=O)n2-c2cccc(C(F)(F)F)c2)c(C)c1. The molecule has 10 heteroatoms. The number of benzene rings is 3. The van der Waals surface area contributed by atoms with Crippen molar-refractivity contribution in [2.24, 2.45) is 0 Å². The Labute approximate surface area is 219 Å². The van der Waals surface area contributed by atoms with Crippen LogP contribution in [-0.4, -0.2) is 26.2 Å². The third-order valence-corrected chi connectivity index (χ3v) is 7.14. The number of thioether (sulfide) groups is 1. The van der Waals surface area contributed by atoms with Crippen LogP contribution in [0.4, 0.5) is 18.9 Å². The number of aryl methyl sites for hydroxylation is 3. The van der Waals surface area contributed by atoms with Crippen molar-refractivity contribution in [2.75, 3.05) is 11.1 Å². The van der Waals surface area contributed by atoms with Crippen LogP contribution < -0.4 is 10.9 Å². The maximum atomic E-state index is 13.6. The van der Waals surface area contributed by atoms with Crippen molar-refractivity contribution in [3.05, 3.63) is 93.3 Å². The summed E-state index contributed by atoms with van der Waals surface area (Å²) in [7, 11) is 0. The van der Waals surface area contributed by atoms with Gasteiger partial charge in [-0.15, -0.1) is 0 Å². The zero-order valence-corrected chi connectivity index (χ0v) is 21.6. The topological polar surface area (TPSA) is 79.8 Å². The number of fused-ring (bicyclic) bond motifs is 3. The van der Waals surface area contributed by atoms with Crippen molar-refractivity contribution < 1.29 is 18.0 Å². The summed E-state index contributed by atoms with van der Waals surface area (Å²) in [5, 5.41) is 3.72. The van der Waals surface area contributed by atoms with Gasteiger partial charge in [-0.1, -0.05) is 53.7 Å². The number of alkyl halides is 3. The first-order valence-electron chi connectivity index (χ1n) is 11.7. The van der Waals surface area contributed by atoms with Gasteiger partial charge >= 0.3 is 6.18 Å². The molecule has 2 heterocycles. The van der Waals surface area contributed by atoms with E-state index in [1.165, 1.54) is 12.1 Å². The van der Waals surface area contributed by atoms with Crippen LogP contribution >= 0.6 is 11.8 Å². The van der Waals surface area contributed by atoms with Gasteiger partial charge in [-0.2, -0.15) is 13.2 Å². The number of nitrogens with zero attached hydrogens (tertiary/aromatic N) is 2. The van der Waals surface area contributed by atoms with E-state index in [9.17, 15) is 22.8 Å². The van der Waals surface area contributed by atoms with Crippen LogP contribution in [0.15, 0.2) is 70.6 Å². The van der Waals surface area contributed by atoms with E-state index in [2.05, 4.69) is 15.3 Å². The van der Waals surface area contributed by atoms with Gasteiger partial charge in [-0.25, -0.2) is 4.98 Å². The molecule has 2 N–H and O–H groups in total. The molecule has 5 rings (SSSR count). The first-order valence-corrected chi connectivity index (χ1v) is 12.7. The molecule has 0 radical (unpaired) electrons. The zero-order chi connectivity index (χ0) is 27.2. The van der Waals surface area contributed by atoms with Crippen LogP contribution in [0.5, 0.6) is 0 Å². The molecule has 0 aliphatic heterocycles. The maximum Gasteiger partial charge on any atom is 0.416 e. The summed E-state index contributed by atoms with van der Waals surface area (Å²) in [6, 6.07) is 15.6. The molecule has 0 unspecified atom stereocenters. The molecule has 5 aromatic rings. The summed E-state index contributed by atoms with van der Waals surface area (Å²) in [6.45, 7) is 5.78. The molecule has 0 saturated carbocycles. The van der Waals surface area contributed by atoms with Gasteiger partial charge in [0.25, 0.3) is 5.56 Å². The van der Waals surface area contributed by atoms with Gasteiger partial charge in [0.05, 0.1) is 17.0 Å². The molecule has 0 aliphatic carbocycles. The average molecular weight is 537 g/mol. The number of nitrogens with one attached hydrogen (secondary N) is 2.